The topological polar surface area (TPSA) is 21.3 Å². The van der Waals surface area contributed by atoms with Crippen molar-refractivity contribution in [2.24, 2.45) is 0 Å². The quantitative estimate of drug-likeness (QED) is 0.871. The van der Waals surface area contributed by atoms with Crippen molar-refractivity contribution in [1.82, 2.24) is 0 Å². The minimum atomic E-state index is -0.539. The van der Waals surface area contributed by atoms with Crippen molar-refractivity contribution in [3.8, 4) is 0 Å². The van der Waals surface area contributed by atoms with E-state index in [0.717, 1.165) is 12.8 Å². The summed E-state index contributed by atoms with van der Waals surface area (Å²) in [6.45, 7) is 6.22. The molecule has 4 heteroatoms. The van der Waals surface area contributed by atoms with Crippen LogP contribution in [-0.2, 0) is 4.74 Å². The van der Waals surface area contributed by atoms with Gasteiger partial charge < -0.3 is 10.1 Å². The number of hydrogen-bond acceptors (Lipinski definition) is 2. The highest BCUT2D eigenvalue weighted by Gasteiger charge is 2.29. The zero-order valence-electron chi connectivity index (χ0n) is 11.0. The summed E-state index contributed by atoms with van der Waals surface area (Å²) in [5.74, 6) is -1.04. The fourth-order valence-electron chi connectivity index (χ4n) is 2.35. The minimum Gasteiger partial charge on any atom is -0.377 e. The van der Waals surface area contributed by atoms with Gasteiger partial charge >= 0.3 is 0 Å². The van der Waals surface area contributed by atoms with Crippen molar-refractivity contribution < 1.29 is 13.5 Å². The highest BCUT2D eigenvalue weighted by Crippen LogP contribution is 2.29. The number of ether oxygens (including phenoxy) is 1. The minimum absolute atomic E-state index is 0.0160. The van der Waals surface area contributed by atoms with Crippen LogP contribution in [0.5, 0.6) is 0 Å². The van der Waals surface area contributed by atoms with Gasteiger partial charge in [-0.05, 0) is 45.2 Å². The van der Waals surface area contributed by atoms with E-state index >= 15 is 0 Å². The Morgan fingerprint density at radius 3 is 2.72 bits per heavy atom. The maximum Gasteiger partial charge on any atom is 0.152 e. The Kier molecular flexibility index (Phi) is 3.57. The van der Waals surface area contributed by atoms with Gasteiger partial charge in [0.2, 0.25) is 0 Å². The average molecular weight is 255 g/mol. The van der Waals surface area contributed by atoms with Crippen LogP contribution in [0.2, 0.25) is 0 Å². The summed E-state index contributed by atoms with van der Waals surface area (Å²) < 4.78 is 33.1. The number of rotatable bonds is 2. The number of benzene rings is 1. The lowest BCUT2D eigenvalue weighted by Crippen LogP contribution is -2.40. The van der Waals surface area contributed by atoms with Gasteiger partial charge in [-0.2, -0.15) is 0 Å². The molecule has 0 spiro atoms. The molecule has 1 aliphatic heterocycles. The van der Waals surface area contributed by atoms with E-state index in [2.05, 4.69) is 5.32 Å². The van der Waals surface area contributed by atoms with Gasteiger partial charge in [0, 0.05) is 12.6 Å². The molecule has 1 unspecified atom stereocenters. The van der Waals surface area contributed by atoms with Crippen molar-refractivity contribution in [2.45, 2.75) is 45.3 Å². The fraction of sp³-hybridized carbons (Fsp3) is 0.571. The lowest BCUT2D eigenvalue weighted by Gasteiger charge is -2.36. The van der Waals surface area contributed by atoms with Gasteiger partial charge in [0.05, 0.1) is 5.60 Å². The lowest BCUT2D eigenvalue weighted by atomic mass is 9.93. The standard InChI is InChI=1S/C14H19F2NO/c1-9-4-5-11(15)13(12(9)16)17-10-6-7-18-14(2,3)8-10/h4-5,10,17H,6-8H2,1-3H3. The predicted octanol–water partition coefficient (Wildman–Crippen LogP) is 3.64. The number of hydrogen-bond donors (Lipinski definition) is 1. The van der Waals surface area contributed by atoms with Crippen LogP contribution in [0.25, 0.3) is 0 Å². The number of anilines is 1. The molecular formula is C14H19F2NO. The maximum absolute atomic E-state index is 13.9. The summed E-state index contributed by atoms with van der Waals surface area (Å²) in [4.78, 5) is 0. The molecule has 0 aliphatic carbocycles. The van der Waals surface area contributed by atoms with E-state index in [0.29, 0.717) is 12.2 Å². The Morgan fingerprint density at radius 1 is 1.33 bits per heavy atom. The van der Waals surface area contributed by atoms with E-state index in [1.165, 1.54) is 12.1 Å². The van der Waals surface area contributed by atoms with Crippen molar-refractivity contribution in [2.75, 3.05) is 11.9 Å². The molecule has 0 aromatic heterocycles. The van der Waals surface area contributed by atoms with Gasteiger partial charge in [0.1, 0.15) is 11.5 Å². The Morgan fingerprint density at radius 2 is 2.06 bits per heavy atom. The van der Waals surface area contributed by atoms with Crippen molar-refractivity contribution in [1.29, 1.82) is 0 Å². The third-order valence-electron chi connectivity index (χ3n) is 3.33. The molecule has 1 N–H and O–H groups in total. The van der Waals surface area contributed by atoms with Gasteiger partial charge in [-0.3, -0.25) is 0 Å². The van der Waals surface area contributed by atoms with E-state index in [1.807, 2.05) is 13.8 Å². The molecule has 0 amide bonds. The lowest BCUT2D eigenvalue weighted by molar-refractivity contribution is -0.0553. The maximum atomic E-state index is 13.9. The van der Waals surface area contributed by atoms with Crippen LogP contribution >= 0.6 is 0 Å². The summed E-state index contributed by atoms with van der Waals surface area (Å²) in [6, 6.07) is 2.79. The largest absolute Gasteiger partial charge is 0.377 e. The second-order valence-corrected chi connectivity index (χ2v) is 5.50. The van der Waals surface area contributed by atoms with E-state index < -0.39 is 11.6 Å². The van der Waals surface area contributed by atoms with Crippen molar-refractivity contribution >= 4 is 5.69 Å². The molecule has 1 aromatic carbocycles. The van der Waals surface area contributed by atoms with Crippen LogP contribution in [0.1, 0.15) is 32.3 Å². The first-order valence-corrected chi connectivity index (χ1v) is 6.24. The van der Waals surface area contributed by atoms with Crippen LogP contribution in [0, 0.1) is 18.6 Å². The number of nitrogens with one attached hydrogen (secondary N) is 1. The first kappa shape index (κ1) is 13.3. The van der Waals surface area contributed by atoms with Crippen molar-refractivity contribution in [3.05, 3.63) is 29.3 Å². The van der Waals surface area contributed by atoms with Crippen molar-refractivity contribution in [3.63, 3.8) is 0 Å². The smallest absolute Gasteiger partial charge is 0.152 e. The average Bonchev–Trinajstić information content (AvgIpc) is 2.28. The van der Waals surface area contributed by atoms with Crippen LogP contribution in [0.15, 0.2) is 12.1 Å². The highest BCUT2D eigenvalue weighted by molar-refractivity contribution is 5.49. The van der Waals surface area contributed by atoms with Crippen LogP contribution in [-0.4, -0.2) is 18.2 Å². The van der Waals surface area contributed by atoms with Gasteiger partial charge in [-0.15, -0.1) is 0 Å². The van der Waals surface area contributed by atoms with Crippen LogP contribution in [0.3, 0.4) is 0 Å². The molecule has 0 bridgehead atoms. The number of halogens is 2. The molecule has 100 valence electrons. The second kappa shape index (κ2) is 4.84. The molecule has 0 radical (unpaired) electrons. The Bertz CT molecular complexity index is 446. The Balaban J connectivity index is 2.17. The Hall–Kier alpha value is -1.16. The summed E-state index contributed by atoms with van der Waals surface area (Å²) in [5.41, 5.74) is 0.190. The molecule has 18 heavy (non-hydrogen) atoms. The SMILES string of the molecule is Cc1ccc(F)c(NC2CCOC(C)(C)C2)c1F. The molecular weight excluding hydrogens is 236 g/mol. The third-order valence-corrected chi connectivity index (χ3v) is 3.33. The van der Waals surface area contributed by atoms with E-state index in [9.17, 15) is 8.78 Å². The van der Waals surface area contributed by atoms with Gasteiger partial charge in [-0.25, -0.2) is 8.78 Å². The van der Waals surface area contributed by atoms with Gasteiger partial charge in [-0.1, -0.05) is 6.07 Å². The van der Waals surface area contributed by atoms with Gasteiger partial charge in [0.25, 0.3) is 0 Å². The predicted molar refractivity (Wildman–Crippen MR) is 67.8 cm³/mol. The normalized spacial score (nSPS) is 22.8. The monoisotopic (exact) mass is 255 g/mol. The molecule has 1 heterocycles. The highest BCUT2D eigenvalue weighted by atomic mass is 19.1. The number of aryl methyl sites for hydroxylation is 1. The molecule has 1 fully saturated rings. The summed E-state index contributed by atoms with van der Waals surface area (Å²) in [6.07, 6.45) is 1.50. The summed E-state index contributed by atoms with van der Waals surface area (Å²) >= 11 is 0. The summed E-state index contributed by atoms with van der Waals surface area (Å²) in [7, 11) is 0. The molecule has 1 atom stereocenters. The second-order valence-electron chi connectivity index (χ2n) is 5.50. The first-order valence-electron chi connectivity index (χ1n) is 6.24. The Labute approximate surface area is 106 Å². The molecule has 1 aromatic rings. The summed E-state index contributed by atoms with van der Waals surface area (Å²) in [5, 5.41) is 2.98. The van der Waals surface area contributed by atoms with Gasteiger partial charge in [0.15, 0.2) is 5.82 Å². The van der Waals surface area contributed by atoms with E-state index in [4.69, 9.17) is 4.74 Å². The van der Waals surface area contributed by atoms with E-state index in [1.54, 1.807) is 6.92 Å². The molecule has 2 rings (SSSR count). The molecule has 0 saturated carbocycles. The zero-order chi connectivity index (χ0) is 13.3. The van der Waals surface area contributed by atoms with Crippen LogP contribution in [0.4, 0.5) is 14.5 Å². The molecule has 2 nitrogen and oxygen atoms in total. The van der Waals surface area contributed by atoms with E-state index in [-0.39, 0.29) is 17.3 Å². The first-order chi connectivity index (χ1) is 8.39. The zero-order valence-corrected chi connectivity index (χ0v) is 11.0. The van der Waals surface area contributed by atoms with Crippen LogP contribution < -0.4 is 5.32 Å². The molecule has 1 aliphatic rings. The third kappa shape index (κ3) is 2.80. The fourth-order valence-corrected chi connectivity index (χ4v) is 2.35. The molecule has 1 saturated heterocycles.